The Bertz CT molecular complexity index is 1050. The summed E-state index contributed by atoms with van der Waals surface area (Å²) in [7, 11) is -4.69. The van der Waals surface area contributed by atoms with Crippen LogP contribution in [0, 0.1) is 0 Å². The van der Waals surface area contributed by atoms with Gasteiger partial charge in [0.05, 0.1) is 25.6 Å². The molecule has 3 rings (SSSR count). The predicted octanol–water partition coefficient (Wildman–Crippen LogP) is 1.09. The van der Waals surface area contributed by atoms with Crippen molar-refractivity contribution in [2.75, 3.05) is 13.1 Å². The van der Waals surface area contributed by atoms with Crippen LogP contribution < -0.4 is 9.50 Å². The Labute approximate surface area is 170 Å². The van der Waals surface area contributed by atoms with Crippen molar-refractivity contribution in [3.05, 3.63) is 54.0 Å². The summed E-state index contributed by atoms with van der Waals surface area (Å²) < 4.78 is 39.4. The Balaban J connectivity index is 1.62. The van der Waals surface area contributed by atoms with Crippen LogP contribution >= 0.6 is 0 Å². The minimum atomic E-state index is -4.69. The number of nitrogens with one attached hydrogen (secondary N) is 1. The lowest BCUT2D eigenvalue weighted by Crippen LogP contribution is -2.43. The molecule has 1 radical (unpaired) electrons. The topological polar surface area (TPSA) is 159 Å². The zero-order valence-corrected chi connectivity index (χ0v) is 16.0. The molecule has 13 heteroatoms. The summed E-state index contributed by atoms with van der Waals surface area (Å²) in [5.74, 6) is 0.236. The number of nitrogens with zero attached hydrogens (tertiary/aromatic N) is 3. The van der Waals surface area contributed by atoms with Crippen molar-refractivity contribution in [2.24, 2.45) is 5.10 Å². The van der Waals surface area contributed by atoms with E-state index in [4.69, 9.17) is 8.97 Å². The van der Waals surface area contributed by atoms with Crippen LogP contribution in [-0.4, -0.2) is 60.5 Å². The molecule has 1 aromatic carbocycles. The number of amides is 4. The Morgan fingerprint density at radius 3 is 2.63 bits per heavy atom. The second-order valence-corrected chi connectivity index (χ2v) is 6.92. The second kappa shape index (κ2) is 8.75. The van der Waals surface area contributed by atoms with E-state index in [1.54, 1.807) is 18.4 Å². The van der Waals surface area contributed by atoms with Crippen molar-refractivity contribution < 1.29 is 36.0 Å². The van der Waals surface area contributed by atoms with Crippen LogP contribution in [-0.2, 0) is 15.2 Å². The minimum absolute atomic E-state index is 0.0485. The quantitative estimate of drug-likeness (QED) is 0.483. The van der Waals surface area contributed by atoms with Crippen molar-refractivity contribution in [3.8, 4) is 5.75 Å². The molecular formula is C17H15N4O8S. The SMILES string of the molecule is O=[C]C(NC(=O)N1CCN(N=Cc2ccco2)C1=O)c1ccc(OS(=O)(=O)O)cc1. The molecule has 1 saturated heterocycles. The van der Waals surface area contributed by atoms with Crippen molar-refractivity contribution in [1.82, 2.24) is 15.2 Å². The predicted molar refractivity (Wildman–Crippen MR) is 101 cm³/mol. The Hall–Kier alpha value is -3.71. The van der Waals surface area contributed by atoms with Crippen molar-refractivity contribution in [2.45, 2.75) is 6.04 Å². The van der Waals surface area contributed by atoms with Crippen LogP contribution in [0.3, 0.4) is 0 Å². The van der Waals surface area contributed by atoms with E-state index in [1.165, 1.54) is 36.7 Å². The van der Waals surface area contributed by atoms with E-state index in [1.807, 2.05) is 0 Å². The van der Waals surface area contributed by atoms with Crippen molar-refractivity contribution in [1.29, 1.82) is 0 Å². The molecule has 1 aliphatic heterocycles. The van der Waals surface area contributed by atoms with E-state index < -0.39 is 28.5 Å². The standard InChI is InChI=1S/C17H15N4O8S/c22-11-15(12-3-5-13(6-4-12)29-30(25,26)27)19-16(23)20-7-8-21(17(20)24)18-10-14-2-1-9-28-14/h1-6,9-10,15H,7-8H2,(H,19,23)(H,25,26,27). The van der Waals surface area contributed by atoms with E-state index in [9.17, 15) is 22.8 Å². The van der Waals surface area contributed by atoms with Crippen LogP contribution in [0.2, 0.25) is 0 Å². The van der Waals surface area contributed by atoms with Gasteiger partial charge in [0, 0.05) is 0 Å². The summed E-state index contributed by atoms with van der Waals surface area (Å²) >= 11 is 0. The highest BCUT2D eigenvalue weighted by molar-refractivity contribution is 7.81. The lowest BCUT2D eigenvalue weighted by atomic mass is 10.1. The zero-order chi connectivity index (χ0) is 21.7. The molecule has 1 fully saturated rings. The van der Waals surface area contributed by atoms with E-state index in [-0.39, 0.29) is 24.4 Å². The van der Waals surface area contributed by atoms with Crippen LogP contribution in [0.15, 0.2) is 52.2 Å². The molecule has 0 bridgehead atoms. The maximum Gasteiger partial charge on any atom is 0.446 e. The van der Waals surface area contributed by atoms with Gasteiger partial charge in [-0.25, -0.2) is 19.5 Å². The van der Waals surface area contributed by atoms with Gasteiger partial charge in [0.25, 0.3) is 0 Å². The van der Waals surface area contributed by atoms with Gasteiger partial charge in [-0.05, 0) is 29.8 Å². The largest absolute Gasteiger partial charge is 0.463 e. The Morgan fingerprint density at radius 2 is 2.03 bits per heavy atom. The summed E-state index contributed by atoms with van der Waals surface area (Å²) in [5, 5.41) is 7.38. The first-order chi connectivity index (χ1) is 14.3. The monoisotopic (exact) mass is 435 g/mol. The molecule has 1 aliphatic rings. The number of carbonyl (C=O) groups excluding carboxylic acids is 3. The van der Waals surface area contributed by atoms with Gasteiger partial charge in [-0.1, -0.05) is 12.1 Å². The molecule has 1 unspecified atom stereocenters. The fourth-order valence-corrected chi connectivity index (χ4v) is 2.89. The third-order valence-corrected chi connectivity index (χ3v) is 4.30. The molecule has 30 heavy (non-hydrogen) atoms. The molecule has 2 heterocycles. The van der Waals surface area contributed by atoms with Gasteiger partial charge in [-0.3, -0.25) is 9.35 Å². The van der Waals surface area contributed by atoms with Crippen molar-refractivity contribution >= 4 is 35.0 Å². The average molecular weight is 435 g/mol. The summed E-state index contributed by atoms with van der Waals surface area (Å²) in [4.78, 5) is 36.9. The number of benzene rings is 1. The molecule has 2 aromatic rings. The third-order valence-electron chi connectivity index (χ3n) is 3.90. The molecule has 0 aliphatic carbocycles. The molecular weight excluding hydrogens is 420 g/mol. The van der Waals surface area contributed by atoms with Crippen LogP contribution in [0.5, 0.6) is 5.75 Å². The summed E-state index contributed by atoms with van der Waals surface area (Å²) in [6.07, 6.45) is 4.41. The number of furan rings is 1. The number of hydrogen-bond acceptors (Lipinski definition) is 8. The summed E-state index contributed by atoms with van der Waals surface area (Å²) in [5.41, 5.74) is 0.250. The highest BCUT2D eigenvalue weighted by Crippen LogP contribution is 2.19. The fourth-order valence-electron chi connectivity index (χ4n) is 2.53. The van der Waals surface area contributed by atoms with Gasteiger partial charge in [0.2, 0.25) is 6.29 Å². The Morgan fingerprint density at radius 1 is 1.30 bits per heavy atom. The maximum atomic E-state index is 12.4. The lowest BCUT2D eigenvalue weighted by Gasteiger charge is -2.18. The first-order valence-electron chi connectivity index (χ1n) is 8.38. The van der Waals surface area contributed by atoms with Gasteiger partial charge in [0.1, 0.15) is 17.6 Å². The normalized spacial score (nSPS) is 15.4. The van der Waals surface area contributed by atoms with Gasteiger partial charge < -0.3 is 13.9 Å². The first-order valence-corrected chi connectivity index (χ1v) is 9.75. The number of hydrogen-bond donors (Lipinski definition) is 2. The van der Waals surface area contributed by atoms with E-state index in [0.29, 0.717) is 5.76 Å². The molecule has 4 amide bonds. The lowest BCUT2D eigenvalue weighted by molar-refractivity contribution is 0.185. The fraction of sp³-hybridized carbons (Fsp3) is 0.176. The zero-order valence-electron chi connectivity index (χ0n) is 15.2. The molecule has 1 aromatic heterocycles. The van der Waals surface area contributed by atoms with Crippen LogP contribution in [0.1, 0.15) is 17.4 Å². The van der Waals surface area contributed by atoms with Crippen LogP contribution in [0.25, 0.3) is 0 Å². The van der Waals surface area contributed by atoms with Crippen molar-refractivity contribution in [3.63, 3.8) is 0 Å². The number of rotatable bonds is 7. The number of hydrazone groups is 1. The van der Waals surface area contributed by atoms with E-state index in [2.05, 4.69) is 14.6 Å². The Kier molecular flexibility index (Phi) is 6.13. The van der Waals surface area contributed by atoms with Gasteiger partial charge in [0.15, 0.2) is 0 Å². The molecule has 0 spiro atoms. The van der Waals surface area contributed by atoms with Crippen LogP contribution in [0.4, 0.5) is 9.59 Å². The van der Waals surface area contributed by atoms with E-state index >= 15 is 0 Å². The average Bonchev–Trinajstić information content (AvgIpc) is 3.33. The van der Waals surface area contributed by atoms with Gasteiger partial charge >= 0.3 is 22.5 Å². The highest BCUT2D eigenvalue weighted by Gasteiger charge is 2.34. The summed E-state index contributed by atoms with van der Waals surface area (Å²) in [6, 6.07) is 5.49. The molecule has 12 nitrogen and oxygen atoms in total. The van der Waals surface area contributed by atoms with Gasteiger partial charge in [-0.15, -0.1) is 0 Å². The molecule has 157 valence electrons. The molecule has 2 N–H and O–H groups in total. The molecule has 0 saturated carbocycles. The smallest absolute Gasteiger partial charge is 0.446 e. The first kappa shape index (κ1) is 21.0. The van der Waals surface area contributed by atoms with Gasteiger partial charge in [-0.2, -0.15) is 13.5 Å². The number of carbonyl (C=O) groups is 2. The highest BCUT2D eigenvalue weighted by atomic mass is 32.3. The van der Waals surface area contributed by atoms with E-state index in [0.717, 1.165) is 9.91 Å². The third kappa shape index (κ3) is 5.21. The minimum Gasteiger partial charge on any atom is -0.463 e. The summed E-state index contributed by atoms with van der Waals surface area (Å²) in [6.45, 7) is 0.202. The maximum absolute atomic E-state index is 12.4. The molecule has 1 atom stereocenters. The number of imide groups is 1. The number of urea groups is 2. The second-order valence-electron chi connectivity index (χ2n) is 5.90.